The average Bonchev–Trinajstić information content (AvgIpc) is 3.38. The number of nitrogens with one attached hydrogen (secondary N) is 3. The molecule has 3 N–H and O–H groups in total. The SMILES string of the molecule is O=C(CNC(=O)NCc1ccccc1Cn1cccn1)NCc1ccco1. The molecule has 0 saturated carbocycles. The lowest BCUT2D eigenvalue weighted by Gasteiger charge is -2.12. The number of urea groups is 1. The molecule has 3 amide bonds. The Morgan fingerprint density at radius 2 is 1.81 bits per heavy atom. The van der Waals surface area contributed by atoms with Crippen LogP contribution in [0.15, 0.2) is 65.5 Å². The summed E-state index contributed by atoms with van der Waals surface area (Å²) < 4.78 is 6.95. The zero-order chi connectivity index (χ0) is 18.9. The molecule has 3 rings (SSSR count). The van der Waals surface area contributed by atoms with Crippen molar-refractivity contribution in [1.29, 1.82) is 0 Å². The van der Waals surface area contributed by atoms with Gasteiger partial charge in [-0.2, -0.15) is 5.10 Å². The van der Waals surface area contributed by atoms with Crippen molar-refractivity contribution in [3.8, 4) is 0 Å². The molecule has 0 spiro atoms. The first-order chi connectivity index (χ1) is 13.2. The van der Waals surface area contributed by atoms with Crippen LogP contribution in [0, 0.1) is 0 Å². The van der Waals surface area contributed by atoms with Crippen molar-refractivity contribution in [2.75, 3.05) is 6.54 Å². The Hall–Kier alpha value is -3.55. The molecule has 0 radical (unpaired) electrons. The van der Waals surface area contributed by atoms with E-state index in [1.165, 1.54) is 6.26 Å². The van der Waals surface area contributed by atoms with Gasteiger partial charge in [0, 0.05) is 18.9 Å². The first-order valence-electron chi connectivity index (χ1n) is 8.55. The van der Waals surface area contributed by atoms with E-state index in [-0.39, 0.29) is 19.0 Å². The quantitative estimate of drug-likeness (QED) is 0.563. The molecule has 140 valence electrons. The number of carbonyl (C=O) groups excluding carboxylic acids is 2. The average molecular weight is 367 g/mol. The van der Waals surface area contributed by atoms with E-state index in [2.05, 4.69) is 21.0 Å². The number of aromatic nitrogens is 2. The van der Waals surface area contributed by atoms with E-state index >= 15 is 0 Å². The second kappa shape index (κ2) is 9.23. The highest BCUT2D eigenvalue weighted by Gasteiger charge is 2.08. The molecule has 0 aliphatic heterocycles. The number of amides is 3. The Morgan fingerprint density at radius 3 is 2.56 bits per heavy atom. The van der Waals surface area contributed by atoms with Crippen LogP contribution in [0.2, 0.25) is 0 Å². The van der Waals surface area contributed by atoms with E-state index in [0.717, 1.165) is 11.1 Å². The van der Waals surface area contributed by atoms with E-state index in [4.69, 9.17) is 4.42 Å². The van der Waals surface area contributed by atoms with Gasteiger partial charge in [0.1, 0.15) is 5.76 Å². The maximum Gasteiger partial charge on any atom is 0.315 e. The number of benzene rings is 1. The largest absolute Gasteiger partial charge is 0.467 e. The molecule has 2 heterocycles. The molecule has 0 bridgehead atoms. The maximum atomic E-state index is 11.9. The van der Waals surface area contributed by atoms with E-state index in [1.807, 2.05) is 41.2 Å². The van der Waals surface area contributed by atoms with Crippen LogP contribution in [-0.2, 0) is 24.4 Å². The zero-order valence-electron chi connectivity index (χ0n) is 14.7. The van der Waals surface area contributed by atoms with Gasteiger partial charge in [0.05, 0.1) is 25.9 Å². The fourth-order valence-corrected chi connectivity index (χ4v) is 2.51. The van der Waals surface area contributed by atoms with Crippen LogP contribution in [-0.4, -0.2) is 28.3 Å². The second-order valence-corrected chi connectivity index (χ2v) is 5.86. The number of nitrogens with zero attached hydrogens (tertiary/aromatic N) is 2. The molecule has 0 saturated heterocycles. The molecule has 8 nitrogen and oxygen atoms in total. The summed E-state index contributed by atoms with van der Waals surface area (Å²) in [5, 5.41) is 12.2. The number of rotatable bonds is 8. The van der Waals surface area contributed by atoms with Crippen LogP contribution in [0.3, 0.4) is 0 Å². The lowest BCUT2D eigenvalue weighted by Crippen LogP contribution is -2.41. The van der Waals surface area contributed by atoms with Crippen LogP contribution >= 0.6 is 0 Å². The van der Waals surface area contributed by atoms with Gasteiger partial charge in [-0.3, -0.25) is 9.48 Å². The van der Waals surface area contributed by atoms with Crippen molar-refractivity contribution in [3.05, 3.63) is 78.0 Å². The summed E-state index contributed by atoms with van der Waals surface area (Å²) in [4.78, 5) is 23.7. The predicted octanol–water partition coefficient (Wildman–Crippen LogP) is 1.64. The normalized spacial score (nSPS) is 10.4. The van der Waals surface area contributed by atoms with Gasteiger partial charge in [-0.15, -0.1) is 0 Å². The molecule has 0 unspecified atom stereocenters. The minimum Gasteiger partial charge on any atom is -0.467 e. The third-order valence-corrected chi connectivity index (χ3v) is 3.90. The first-order valence-corrected chi connectivity index (χ1v) is 8.55. The summed E-state index contributed by atoms with van der Waals surface area (Å²) in [6.07, 6.45) is 5.15. The molecule has 1 aromatic carbocycles. The van der Waals surface area contributed by atoms with Crippen LogP contribution in [0.4, 0.5) is 4.79 Å². The van der Waals surface area contributed by atoms with E-state index < -0.39 is 6.03 Å². The number of carbonyl (C=O) groups is 2. The fraction of sp³-hybridized carbons (Fsp3) is 0.211. The van der Waals surface area contributed by atoms with Crippen molar-refractivity contribution < 1.29 is 14.0 Å². The smallest absolute Gasteiger partial charge is 0.315 e. The van der Waals surface area contributed by atoms with Gasteiger partial charge < -0.3 is 20.4 Å². The van der Waals surface area contributed by atoms with Gasteiger partial charge in [-0.1, -0.05) is 24.3 Å². The summed E-state index contributed by atoms with van der Waals surface area (Å²) in [5.74, 6) is 0.363. The molecule has 0 aliphatic carbocycles. The molecular weight excluding hydrogens is 346 g/mol. The second-order valence-electron chi connectivity index (χ2n) is 5.86. The highest BCUT2D eigenvalue weighted by Crippen LogP contribution is 2.10. The molecule has 2 aromatic heterocycles. The first kappa shape index (κ1) is 18.2. The van der Waals surface area contributed by atoms with Gasteiger partial charge in [0.15, 0.2) is 0 Å². The van der Waals surface area contributed by atoms with Crippen molar-refractivity contribution in [1.82, 2.24) is 25.7 Å². The van der Waals surface area contributed by atoms with Crippen molar-refractivity contribution >= 4 is 11.9 Å². The molecule has 8 heteroatoms. The molecule has 0 aliphatic rings. The summed E-state index contributed by atoms with van der Waals surface area (Å²) in [6, 6.07) is 12.8. The van der Waals surface area contributed by atoms with E-state index in [0.29, 0.717) is 18.8 Å². The predicted molar refractivity (Wildman–Crippen MR) is 98.6 cm³/mol. The standard InChI is InChI=1S/C19H21N5O3/c25-18(20-12-17-7-3-10-27-17)13-22-19(26)21-11-15-5-1-2-6-16(15)14-24-9-4-8-23-24/h1-10H,11-14H2,(H,20,25)(H2,21,22,26). The van der Waals surface area contributed by atoms with Crippen molar-refractivity contribution in [2.45, 2.75) is 19.6 Å². The lowest BCUT2D eigenvalue weighted by molar-refractivity contribution is -0.120. The minimum atomic E-state index is -0.406. The third-order valence-electron chi connectivity index (χ3n) is 3.90. The Morgan fingerprint density at radius 1 is 0.963 bits per heavy atom. The minimum absolute atomic E-state index is 0.110. The van der Waals surface area contributed by atoms with Gasteiger partial charge in [-0.05, 0) is 29.3 Å². The van der Waals surface area contributed by atoms with Crippen molar-refractivity contribution in [3.63, 3.8) is 0 Å². The molecule has 27 heavy (non-hydrogen) atoms. The van der Waals surface area contributed by atoms with E-state index in [1.54, 1.807) is 18.3 Å². The topological polar surface area (TPSA) is 101 Å². The summed E-state index contributed by atoms with van der Waals surface area (Å²) in [6.45, 7) is 1.16. The molecule has 0 atom stereocenters. The van der Waals surface area contributed by atoms with Crippen molar-refractivity contribution in [2.24, 2.45) is 0 Å². The van der Waals surface area contributed by atoms with Crippen LogP contribution < -0.4 is 16.0 Å². The third kappa shape index (κ3) is 5.74. The number of hydrogen-bond donors (Lipinski definition) is 3. The maximum absolute atomic E-state index is 11.9. The van der Waals surface area contributed by atoms with Gasteiger partial charge in [0.25, 0.3) is 0 Å². The Bertz CT molecular complexity index is 859. The molecule has 3 aromatic rings. The zero-order valence-corrected chi connectivity index (χ0v) is 14.7. The monoisotopic (exact) mass is 367 g/mol. The highest BCUT2D eigenvalue weighted by atomic mass is 16.3. The number of furan rings is 1. The molecule has 0 fully saturated rings. The van der Waals surface area contributed by atoms with Gasteiger partial charge in [0.2, 0.25) is 5.91 Å². The van der Waals surface area contributed by atoms with Gasteiger partial charge in [-0.25, -0.2) is 4.79 Å². The summed E-state index contributed by atoms with van der Waals surface area (Å²) in [5.41, 5.74) is 2.06. The Labute approximate surface area is 156 Å². The molecular formula is C19H21N5O3. The summed E-state index contributed by atoms with van der Waals surface area (Å²) >= 11 is 0. The van der Waals surface area contributed by atoms with Crippen LogP contribution in [0.5, 0.6) is 0 Å². The highest BCUT2D eigenvalue weighted by molar-refractivity contribution is 5.83. The van der Waals surface area contributed by atoms with E-state index in [9.17, 15) is 9.59 Å². The Kier molecular flexibility index (Phi) is 6.24. The van der Waals surface area contributed by atoms with Crippen LogP contribution in [0.1, 0.15) is 16.9 Å². The fourth-order valence-electron chi connectivity index (χ4n) is 2.51. The Balaban J connectivity index is 1.42. The summed E-state index contributed by atoms with van der Waals surface area (Å²) in [7, 11) is 0. The lowest BCUT2D eigenvalue weighted by atomic mass is 10.1. The van der Waals surface area contributed by atoms with Gasteiger partial charge >= 0.3 is 6.03 Å². The number of hydrogen-bond acceptors (Lipinski definition) is 4. The van der Waals surface area contributed by atoms with Crippen LogP contribution in [0.25, 0.3) is 0 Å².